The molecule has 2 rings (SSSR count). The van der Waals surface area contributed by atoms with Gasteiger partial charge in [0.05, 0.1) is 17.0 Å². The molecule has 1 aromatic rings. The molecule has 1 saturated heterocycles. The Morgan fingerprint density at radius 1 is 1.39 bits per heavy atom. The smallest absolute Gasteiger partial charge is 0.240 e. The minimum atomic E-state index is -3.44. The maximum absolute atomic E-state index is 12.2. The summed E-state index contributed by atoms with van der Waals surface area (Å²) >= 11 is 2.22. The molecule has 1 aromatic carbocycles. The first-order chi connectivity index (χ1) is 8.53. The van der Waals surface area contributed by atoms with Crippen LogP contribution in [0.1, 0.15) is 12.0 Å². The highest BCUT2D eigenvalue weighted by atomic mass is 127. The van der Waals surface area contributed by atoms with Gasteiger partial charge < -0.3 is 4.74 Å². The number of benzene rings is 1. The number of nitrogens with one attached hydrogen (secondary N) is 1. The molecule has 6 heteroatoms. The lowest BCUT2D eigenvalue weighted by molar-refractivity contribution is 0.122. The van der Waals surface area contributed by atoms with Gasteiger partial charge in [0.15, 0.2) is 0 Å². The zero-order valence-corrected chi connectivity index (χ0v) is 13.1. The molecular weight excluding hydrogens is 365 g/mol. The Labute approximate surface area is 121 Å². The molecule has 0 bridgehead atoms. The molecule has 0 aliphatic carbocycles. The summed E-state index contributed by atoms with van der Waals surface area (Å²) in [4.78, 5) is 0.312. The molecule has 1 aliphatic rings. The summed E-state index contributed by atoms with van der Waals surface area (Å²) in [6, 6.07) is 6.75. The van der Waals surface area contributed by atoms with Crippen LogP contribution in [0.5, 0.6) is 0 Å². The summed E-state index contributed by atoms with van der Waals surface area (Å²) < 4.78 is 33.4. The molecule has 1 aliphatic heterocycles. The Hall–Kier alpha value is -0.180. The standard InChI is InChI=1S/C12H16INO3S/c1-9-2-4-10(5-3-9)18(15,16)14-11-6-7-17-12(11)8-13/h2-5,11-12,14H,6-8H2,1H3/t11-,12-/m0/s1. The van der Waals surface area contributed by atoms with E-state index < -0.39 is 10.0 Å². The van der Waals surface area contributed by atoms with Crippen LogP contribution in [0.3, 0.4) is 0 Å². The number of hydrogen-bond donors (Lipinski definition) is 1. The van der Waals surface area contributed by atoms with Crippen molar-refractivity contribution < 1.29 is 13.2 Å². The van der Waals surface area contributed by atoms with Crippen molar-refractivity contribution in [1.29, 1.82) is 0 Å². The zero-order chi connectivity index (χ0) is 13.2. The van der Waals surface area contributed by atoms with E-state index in [1.54, 1.807) is 24.3 Å². The van der Waals surface area contributed by atoms with E-state index in [0.29, 0.717) is 11.5 Å². The van der Waals surface area contributed by atoms with E-state index in [9.17, 15) is 8.42 Å². The molecule has 0 radical (unpaired) electrons. The van der Waals surface area contributed by atoms with Crippen LogP contribution in [-0.2, 0) is 14.8 Å². The lowest BCUT2D eigenvalue weighted by Crippen LogP contribution is -2.41. The fourth-order valence-electron chi connectivity index (χ4n) is 1.92. The largest absolute Gasteiger partial charge is 0.376 e. The number of alkyl halides is 1. The van der Waals surface area contributed by atoms with Gasteiger partial charge in [-0.25, -0.2) is 13.1 Å². The van der Waals surface area contributed by atoms with E-state index in [-0.39, 0.29) is 12.1 Å². The quantitative estimate of drug-likeness (QED) is 0.640. The van der Waals surface area contributed by atoms with Crippen molar-refractivity contribution in [2.75, 3.05) is 11.0 Å². The maximum Gasteiger partial charge on any atom is 0.240 e. The SMILES string of the molecule is Cc1ccc(S(=O)(=O)N[C@H]2CCO[C@H]2CI)cc1. The fraction of sp³-hybridized carbons (Fsp3) is 0.500. The number of halogens is 1. The summed E-state index contributed by atoms with van der Waals surface area (Å²) in [6.07, 6.45) is 0.712. The molecule has 1 fully saturated rings. The van der Waals surface area contributed by atoms with Crippen LogP contribution in [0, 0.1) is 6.92 Å². The first kappa shape index (κ1) is 14.2. The molecule has 0 aromatic heterocycles. The summed E-state index contributed by atoms with van der Waals surface area (Å²) in [5, 5.41) is 0. The highest BCUT2D eigenvalue weighted by molar-refractivity contribution is 14.1. The first-order valence-electron chi connectivity index (χ1n) is 5.79. The van der Waals surface area contributed by atoms with Gasteiger partial charge in [0.25, 0.3) is 0 Å². The van der Waals surface area contributed by atoms with E-state index in [0.717, 1.165) is 16.4 Å². The highest BCUT2D eigenvalue weighted by Crippen LogP contribution is 2.19. The normalized spacial score (nSPS) is 24.3. The minimum absolute atomic E-state index is 0.0224. The number of rotatable bonds is 4. The van der Waals surface area contributed by atoms with E-state index in [2.05, 4.69) is 27.3 Å². The Morgan fingerprint density at radius 3 is 2.67 bits per heavy atom. The minimum Gasteiger partial charge on any atom is -0.376 e. The van der Waals surface area contributed by atoms with Crippen molar-refractivity contribution in [2.24, 2.45) is 0 Å². The summed E-state index contributed by atoms with van der Waals surface area (Å²) in [5.41, 5.74) is 1.04. The van der Waals surface area contributed by atoms with Crippen LogP contribution in [0.15, 0.2) is 29.2 Å². The Kier molecular flexibility index (Phi) is 4.63. The van der Waals surface area contributed by atoms with Gasteiger partial charge in [-0.2, -0.15) is 0 Å². The second-order valence-corrected chi connectivity index (χ2v) is 6.99. The molecule has 1 heterocycles. The highest BCUT2D eigenvalue weighted by Gasteiger charge is 2.31. The average molecular weight is 381 g/mol. The molecule has 4 nitrogen and oxygen atoms in total. The average Bonchev–Trinajstić information content (AvgIpc) is 2.76. The van der Waals surface area contributed by atoms with E-state index in [4.69, 9.17) is 4.74 Å². The monoisotopic (exact) mass is 381 g/mol. The summed E-state index contributed by atoms with van der Waals surface area (Å²) in [7, 11) is -3.44. The van der Waals surface area contributed by atoms with Gasteiger partial charge in [0, 0.05) is 11.0 Å². The Bertz CT molecular complexity index is 501. The first-order valence-corrected chi connectivity index (χ1v) is 8.80. The van der Waals surface area contributed by atoms with Crippen LogP contribution in [0.4, 0.5) is 0 Å². The van der Waals surface area contributed by atoms with Crippen molar-refractivity contribution in [3.8, 4) is 0 Å². The molecule has 100 valence electrons. The topological polar surface area (TPSA) is 55.4 Å². The molecular formula is C12H16INO3S. The lowest BCUT2D eigenvalue weighted by Gasteiger charge is -2.17. The van der Waals surface area contributed by atoms with Gasteiger partial charge in [0.2, 0.25) is 10.0 Å². The van der Waals surface area contributed by atoms with Crippen LogP contribution >= 0.6 is 22.6 Å². The number of aryl methyl sites for hydroxylation is 1. The third-order valence-corrected chi connectivity index (χ3v) is 5.37. The van der Waals surface area contributed by atoms with Crippen molar-refractivity contribution in [3.63, 3.8) is 0 Å². The van der Waals surface area contributed by atoms with Gasteiger partial charge in [-0.05, 0) is 25.5 Å². The molecule has 0 unspecified atom stereocenters. The van der Waals surface area contributed by atoms with Crippen LogP contribution in [0.2, 0.25) is 0 Å². The second-order valence-electron chi connectivity index (χ2n) is 4.39. The van der Waals surface area contributed by atoms with E-state index in [1.807, 2.05) is 6.92 Å². The number of hydrogen-bond acceptors (Lipinski definition) is 3. The van der Waals surface area contributed by atoms with Crippen LogP contribution in [-0.4, -0.2) is 31.6 Å². The van der Waals surface area contributed by atoms with E-state index in [1.165, 1.54) is 0 Å². The molecule has 0 spiro atoms. The molecule has 0 amide bonds. The molecule has 18 heavy (non-hydrogen) atoms. The number of sulfonamides is 1. The predicted octanol–water partition coefficient (Wildman–Crippen LogP) is 1.87. The Balaban J connectivity index is 2.14. The van der Waals surface area contributed by atoms with Gasteiger partial charge in [-0.3, -0.25) is 0 Å². The van der Waals surface area contributed by atoms with Crippen molar-refractivity contribution in [2.45, 2.75) is 30.4 Å². The summed E-state index contributed by atoms with van der Waals surface area (Å²) in [6.45, 7) is 2.55. The predicted molar refractivity (Wildman–Crippen MR) is 78.5 cm³/mol. The van der Waals surface area contributed by atoms with E-state index >= 15 is 0 Å². The zero-order valence-electron chi connectivity index (χ0n) is 10.1. The van der Waals surface area contributed by atoms with Crippen LogP contribution < -0.4 is 4.72 Å². The number of ether oxygens (including phenoxy) is 1. The van der Waals surface area contributed by atoms with Gasteiger partial charge in [-0.15, -0.1) is 0 Å². The molecule has 2 atom stereocenters. The van der Waals surface area contributed by atoms with Crippen molar-refractivity contribution in [3.05, 3.63) is 29.8 Å². The van der Waals surface area contributed by atoms with Crippen molar-refractivity contribution >= 4 is 32.6 Å². The van der Waals surface area contributed by atoms with Gasteiger partial charge in [0.1, 0.15) is 0 Å². The van der Waals surface area contributed by atoms with Gasteiger partial charge >= 0.3 is 0 Å². The third kappa shape index (κ3) is 3.23. The molecule has 1 N–H and O–H groups in total. The second kappa shape index (κ2) is 5.85. The fourth-order valence-corrected chi connectivity index (χ4v) is 4.09. The van der Waals surface area contributed by atoms with Gasteiger partial charge in [-0.1, -0.05) is 40.3 Å². The third-order valence-electron chi connectivity index (χ3n) is 3.00. The van der Waals surface area contributed by atoms with Crippen molar-refractivity contribution in [1.82, 2.24) is 4.72 Å². The van der Waals surface area contributed by atoms with Crippen LogP contribution in [0.25, 0.3) is 0 Å². The summed E-state index contributed by atoms with van der Waals surface area (Å²) in [5.74, 6) is 0. The Morgan fingerprint density at radius 2 is 2.06 bits per heavy atom. The molecule has 0 saturated carbocycles. The lowest BCUT2D eigenvalue weighted by atomic mass is 10.2. The maximum atomic E-state index is 12.2.